The van der Waals surface area contributed by atoms with Gasteiger partial charge in [0.25, 0.3) is 10.0 Å². The van der Waals surface area contributed by atoms with Gasteiger partial charge >= 0.3 is 5.97 Å². The number of carbonyl (C=O) groups excluding carboxylic acids is 1. The molecular weight excluding hydrogens is 232 g/mol. The van der Waals surface area contributed by atoms with E-state index in [-0.39, 0.29) is 11.5 Å². The Balaban J connectivity index is 5.37. The van der Waals surface area contributed by atoms with Gasteiger partial charge in [-0.05, 0) is 6.92 Å². The molecule has 0 aromatic heterocycles. The first-order valence-corrected chi connectivity index (χ1v) is 6.15. The van der Waals surface area contributed by atoms with Gasteiger partial charge in [0.15, 0.2) is 4.91 Å². The van der Waals surface area contributed by atoms with Crippen LogP contribution in [0.5, 0.6) is 0 Å². The van der Waals surface area contributed by atoms with Gasteiger partial charge in [0.1, 0.15) is 0 Å². The summed E-state index contributed by atoms with van der Waals surface area (Å²) in [6.07, 6.45) is 1.23. The molecule has 0 amide bonds. The van der Waals surface area contributed by atoms with Crippen molar-refractivity contribution in [3.8, 4) is 0 Å². The van der Waals surface area contributed by atoms with E-state index < -0.39 is 16.0 Å². The largest absolute Gasteiger partial charge is 0.462 e. The predicted octanol–water partition coefficient (Wildman–Crippen LogP) is -0.156. The van der Waals surface area contributed by atoms with Crippen LogP contribution in [0.25, 0.3) is 0 Å². The summed E-state index contributed by atoms with van der Waals surface area (Å²) in [7, 11) is 2.20. The highest BCUT2D eigenvalue weighted by Gasteiger charge is 2.28. The molecule has 0 spiro atoms. The first-order valence-electron chi connectivity index (χ1n) is 4.71. The molecule has 0 aliphatic heterocycles. The molecule has 0 aliphatic carbocycles. The highest BCUT2D eigenvalue weighted by Crippen LogP contribution is 2.12. The van der Waals surface area contributed by atoms with Crippen molar-refractivity contribution in [2.24, 2.45) is 0 Å². The van der Waals surface area contributed by atoms with Crippen LogP contribution in [0.3, 0.4) is 0 Å². The number of rotatable bonds is 5. The van der Waals surface area contributed by atoms with Crippen molar-refractivity contribution in [2.45, 2.75) is 6.92 Å². The Labute approximate surface area is 96.5 Å². The van der Waals surface area contributed by atoms with Crippen LogP contribution in [0.4, 0.5) is 0 Å². The molecular formula is C9H18N2O4S. The number of carbonyl (C=O) groups is 1. The maximum absolute atomic E-state index is 11.8. The van der Waals surface area contributed by atoms with Crippen LogP contribution >= 0.6 is 0 Å². The van der Waals surface area contributed by atoms with Crippen LogP contribution in [0, 0.1) is 0 Å². The standard InChI is InChI=1S/C9H18N2O4S/c1-6-15-9(12)8(7-10(2)3)16(13,14)11(4)5/h7H,6H2,1-5H3. The van der Waals surface area contributed by atoms with Gasteiger partial charge in [-0.25, -0.2) is 17.5 Å². The van der Waals surface area contributed by atoms with Gasteiger partial charge in [0.2, 0.25) is 0 Å². The zero-order valence-corrected chi connectivity index (χ0v) is 11.0. The van der Waals surface area contributed by atoms with Gasteiger partial charge in [-0.2, -0.15) is 0 Å². The second-order valence-electron chi connectivity index (χ2n) is 3.46. The van der Waals surface area contributed by atoms with Gasteiger partial charge in [-0.1, -0.05) is 0 Å². The number of hydrogen-bond donors (Lipinski definition) is 0. The normalized spacial score (nSPS) is 12.8. The lowest BCUT2D eigenvalue weighted by molar-refractivity contribution is -0.137. The number of esters is 1. The fourth-order valence-corrected chi connectivity index (χ4v) is 1.87. The van der Waals surface area contributed by atoms with Crippen molar-refractivity contribution >= 4 is 16.0 Å². The Morgan fingerprint density at radius 1 is 1.25 bits per heavy atom. The molecule has 0 aromatic rings. The molecule has 0 aliphatic rings. The summed E-state index contributed by atoms with van der Waals surface area (Å²) in [6.45, 7) is 1.75. The highest BCUT2D eigenvalue weighted by molar-refractivity contribution is 7.93. The van der Waals surface area contributed by atoms with E-state index in [0.29, 0.717) is 0 Å². The molecule has 0 rings (SSSR count). The average molecular weight is 250 g/mol. The molecule has 94 valence electrons. The topological polar surface area (TPSA) is 66.9 Å². The van der Waals surface area contributed by atoms with Crippen LogP contribution in [0.2, 0.25) is 0 Å². The molecule has 7 heteroatoms. The van der Waals surface area contributed by atoms with Crippen molar-refractivity contribution in [2.75, 3.05) is 34.8 Å². The van der Waals surface area contributed by atoms with Crippen molar-refractivity contribution < 1.29 is 17.9 Å². The van der Waals surface area contributed by atoms with Crippen molar-refractivity contribution in [3.05, 3.63) is 11.1 Å². The van der Waals surface area contributed by atoms with Crippen molar-refractivity contribution in [3.63, 3.8) is 0 Å². The van der Waals surface area contributed by atoms with E-state index in [9.17, 15) is 13.2 Å². The minimum absolute atomic E-state index is 0.131. The Hall–Kier alpha value is -1.08. The smallest absolute Gasteiger partial charge is 0.352 e. The molecule has 0 radical (unpaired) electrons. The summed E-state index contributed by atoms with van der Waals surface area (Å²) in [6, 6.07) is 0. The van der Waals surface area contributed by atoms with Crippen LogP contribution in [0.1, 0.15) is 6.92 Å². The maximum Gasteiger partial charge on any atom is 0.352 e. The number of nitrogens with zero attached hydrogens (tertiary/aromatic N) is 2. The molecule has 0 bridgehead atoms. The lowest BCUT2D eigenvalue weighted by Gasteiger charge is -2.15. The van der Waals surface area contributed by atoms with Crippen molar-refractivity contribution in [1.29, 1.82) is 0 Å². The van der Waals surface area contributed by atoms with E-state index in [2.05, 4.69) is 0 Å². The molecule has 0 aromatic carbocycles. The second kappa shape index (κ2) is 5.86. The third kappa shape index (κ3) is 3.82. The molecule has 0 atom stereocenters. The zero-order valence-electron chi connectivity index (χ0n) is 10.2. The van der Waals surface area contributed by atoms with Crippen LogP contribution in [-0.2, 0) is 19.6 Å². The molecule has 0 fully saturated rings. The lowest BCUT2D eigenvalue weighted by atomic mass is 10.6. The minimum Gasteiger partial charge on any atom is -0.462 e. The maximum atomic E-state index is 11.8. The van der Waals surface area contributed by atoms with E-state index in [0.717, 1.165) is 4.31 Å². The summed E-state index contributed by atoms with van der Waals surface area (Å²) in [5, 5.41) is 0. The lowest BCUT2D eigenvalue weighted by Crippen LogP contribution is -2.29. The summed E-state index contributed by atoms with van der Waals surface area (Å²) >= 11 is 0. The van der Waals surface area contributed by atoms with E-state index in [1.807, 2.05) is 0 Å². The molecule has 16 heavy (non-hydrogen) atoms. The van der Waals surface area contributed by atoms with E-state index in [4.69, 9.17) is 4.74 Å². The summed E-state index contributed by atoms with van der Waals surface area (Å²) in [4.78, 5) is 12.6. The Bertz CT molecular complexity index is 371. The third-order valence-electron chi connectivity index (χ3n) is 1.61. The first-order chi connectivity index (χ1) is 7.23. The Morgan fingerprint density at radius 2 is 1.75 bits per heavy atom. The highest BCUT2D eigenvalue weighted by atomic mass is 32.2. The number of sulfonamides is 1. The zero-order chi connectivity index (χ0) is 12.9. The van der Waals surface area contributed by atoms with Crippen LogP contribution < -0.4 is 0 Å². The fourth-order valence-electron chi connectivity index (χ4n) is 0.858. The SMILES string of the molecule is CCOC(=O)C(=CN(C)C)S(=O)(=O)N(C)C. The summed E-state index contributed by atoms with van der Waals surface area (Å²) < 4.78 is 29.3. The fraction of sp³-hybridized carbons (Fsp3) is 0.667. The number of hydrogen-bond acceptors (Lipinski definition) is 5. The van der Waals surface area contributed by atoms with Gasteiger partial charge in [-0.15, -0.1) is 0 Å². The average Bonchev–Trinajstić information content (AvgIpc) is 2.13. The molecule has 6 nitrogen and oxygen atoms in total. The van der Waals surface area contributed by atoms with E-state index in [1.165, 1.54) is 25.2 Å². The van der Waals surface area contributed by atoms with Gasteiger partial charge in [0.05, 0.1) is 6.61 Å². The predicted molar refractivity (Wildman–Crippen MR) is 61.0 cm³/mol. The van der Waals surface area contributed by atoms with Crippen molar-refractivity contribution in [1.82, 2.24) is 9.21 Å². The minimum atomic E-state index is -3.78. The molecule has 0 saturated carbocycles. The molecule has 0 heterocycles. The Kier molecular flexibility index (Phi) is 5.46. The molecule has 0 saturated heterocycles. The summed E-state index contributed by atoms with van der Waals surface area (Å²) in [5.74, 6) is -0.843. The monoisotopic (exact) mass is 250 g/mol. The number of ether oxygens (including phenoxy) is 1. The molecule has 0 N–H and O–H groups in total. The second-order valence-corrected chi connectivity index (χ2v) is 5.59. The van der Waals surface area contributed by atoms with Gasteiger partial charge in [-0.3, -0.25) is 0 Å². The van der Waals surface area contributed by atoms with Gasteiger partial charge < -0.3 is 9.64 Å². The summed E-state index contributed by atoms with van der Waals surface area (Å²) in [5.41, 5.74) is 0. The molecule has 0 unspecified atom stereocenters. The van der Waals surface area contributed by atoms with Crippen LogP contribution in [-0.4, -0.2) is 58.4 Å². The Morgan fingerprint density at radius 3 is 2.06 bits per heavy atom. The van der Waals surface area contributed by atoms with E-state index >= 15 is 0 Å². The van der Waals surface area contributed by atoms with E-state index in [1.54, 1.807) is 21.0 Å². The first kappa shape index (κ1) is 14.9. The van der Waals surface area contributed by atoms with Gasteiger partial charge in [0, 0.05) is 34.4 Å². The quantitative estimate of drug-likeness (QED) is 0.501. The van der Waals surface area contributed by atoms with Crippen LogP contribution in [0.15, 0.2) is 11.1 Å². The third-order valence-corrected chi connectivity index (χ3v) is 3.40.